The molecule has 2 fully saturated rings. The first-order valence-electron chi connectivity index (χ1n) is 10.0. The first-order chi connectivity index (χ1) is 14.0. The lowest BCUT2D eigenvalue weighted by Gasteiger charge is -2.20. The number of carbonyl (C=O) groups excluding carboxylic acids is 2. The van der Waals surface area contributed by atoms with E-state index in [1.165, 1.54) is 0 Å². The summed E-state index contributed by atoms with van der Waals surface area (Å²) >= 11 is 0. The molecule has 162 valence electrons. The molecule has 4 rings (SSSR count). The molecule has 0 bridgehead atoms. The van der Waals surface area contributed by atoms with Gasteiger partial charge < -0.3 is 9.80 Å². The van der Waals surface area contributed by atoms with Crippen molar-refractivity contribution in [2.75, 3.05) is 26.7 Å². The van der Waals surface area contributed by atoms with Crippen molar-refractivity contribution in [1.29, 1.82) is 0 Å². The van der Waals surface area contributed by atoms with E-state index >= 15 is 0 Å². The van der Waals surface area contributed by atoms with Crippen molar-refractivity contribution in [2.45, 2.75) is 44.7 Å². The van der Waals surface area contributed by atoms with Crippen LogP contribution < -0.4 is 0 Å². The highest BCUT2D eigenvalue weighted by molar-refractivity contribution is 5.89. The number of fused-ring (bicyclic) bond motifs is 1. The second-order valence-electron chi connectivity index (χ2n) is 8.50. The van der Waals surface area contributed by atoms with Gasteiger partial charge in [0.1, 0.15) is 5.69 Å². The molecule has 0 aliphatic carbocycles. The third-order valence-electron chi connectivity index (χ3n) is 5.96. The fourth-order valence-corrected chi connectivity index (χ4v) is 4.20. The third-order valence-corrected chi connectivity index (χ3v) is 5.96. The summed E-state index contributed by atoms with van der Waals surface area (Å²) < 4.78 is 41.6. The summed E-state index contributed by atoms with van der Waals surface area (Å²) in [5.74, 6) is -0.781. The third kappa shape index (κ3) is 3.63. The van der Waals surface area contributed by atoms with Gasteiger partial charge in [-0.3, -0.25) is 9.59 Å². The lowest BCUT2D eigenvalue weighted by atomic mass is 10.1. The van der Waals surface area contributed by atoms with E-state index in [-0.39, 0.29) is 41.6 Å². The summed E-state index contributed by atoms with van der Waals surface area (Å²) in [5, 5.41) is 4.21. The largest absolute Gasteiger partial charge is 0.433 e. The highest BCUT2D eigenvalue weighted by Gasteiger charge is 2.39. The van der Waals surface area contributed by atoms with E-state index in [1.54, 1.807) is 36.8 Å². The molecular formula is C20H24F3N5O2. The van der Waals surface area contributed by atoms with Crippen LogP contribution in [0.1, 0.15) is 55.6 Å². The minimum absolute atomic E-state index is 0.0452. The molecule has 0 N–H and O–H groups in total. The lowest BCUT2D eigenvalue weighted by molar-refractivity contribution is -0.142. The fourth-order valence-electron chi connectivity index (χ4n) is 4.20. The van der Waals surface area contributed by atoms with Crippen LogP contribution in [-0.2, 0) is 15.8 Å². The van der Waals surface area contributed by atoms with Gasteiger partial charge in [-0.05, 0) is 18.4 Å². The molecule has 0 unspecified atom stereocenters. The second kappa shape index (κ2) is 7.24. The quantitative estimate of drug-likeness (QED) is 0.761. The number of nitrogens with zero attached hydrogens (tertiary/aromatic N) is 5. The zero-order chi connectivity index (χ0) is 21.8. The molecule has 2 aliphatic rings. The number of rotatable bonds is 3. The monoisotopic (exact) mass is 423 g/mol. The smallest absolute Gasteiger partial charge is 0.345 e. The lowest BCUT2D eigenvalue weighted by Crippen LogP contribution is -2.35. The second-order valence-corrected chi connectivity index (χ2v) is 8.50. The van der Waals surface area contributed by atoms with Crippen LogP contribution in [-0.4, -0.2) is 62.9 Å². The van der Waals surface area contributed by atoms with Crippen LogP contribution in [0.3, 0.4) is 0 Å². The Morgan fingerprint density at radius 3 is 2.57 bits per heavy atom. The Balaban J connectivity index is 1.58. The van der Waals surface area contributed by atoms with Gasteiger partial charge >= 0.3 is 6.18 Å². The number of likely N-dealkylation sites (tertiary alicyclic amines) is 2. The summed E-state index contributed by atoms with van der Waals surface area (Å²) in [6, 6.07) is 2.64. The standard InChI is InChI=1S/C20H24F3N5O2/c1-11(2)14-7-16(20(21,22)23)28-17(24-14)8-15(25-28)12-4-5-27(10-12)19(30)13-6-18(29)26(3)9-13/h7-8,11-13H,4-6,9-10H2,1-3H3/t12-,13+/m0/s1. The number of carbonyl (C=O) groups is 2. The number of halogens is 3. The van der Waals surface area contributed by atoms with Crippen LogP contribution in [0.4, 0.5) is 13.2 Å². The highest BCUT2D eigenvalue weighted by Crippen LogP contribution is 2.34. The van der Waals surface area contributed by atoms with E-state index in [1.807, 2.05) is 0 Å². The molecule has 4 heterocycles. The predicted octanol–water partition coefficient (Wildman–Crippen LogP) is 2.67. The molecule has 2 amide bonds. The minimum Gasteiger partial charge on any atom is -0.345 e. The average molecular weight is 423 g/mol. The zero-order valence-corrected chi connectivity index (χ0v) is 17.1. The molecule has 2 aliphatic heterocycles. The molecule has 2 atom stereocenters. The van der Waals surface area contributed by atoms with E-state index in [4.69, 9.17) is 0 Å². The summed E-state index contributed by atoms with van der Waals surface area (Å²) in [6.45, 7) is 4.88. The Bertz CT molecular complexity index is 1000. The molecule has 2 saturated heterocycles. The molecule has 10 heteroatoms. The van der Waals surface area contributed by atoms with Gasteiger partial charge in [-0.25, -0.2) is 9.50 Å². The maximum absolute atomic E-state index is 13.6. The number of amides is 2. The Morgan fingerprint density at radius 2 is 1.97 bits per heavy atom. The Kier molecular flexibility index (Phi) is 4.98. The van der Waals surface area contributed by atoms with Crippen molar-refractivity contribution in [3.8, 4) is 0 Å². The maximum Gasteiger partial charge on any atom is 0.433 e. The van der Waals surface area contributed by atoms with E-state index in [9.17, 15) is 22.8 Å². The van der Waals surface area contributed by atoms with Crippen molar-refractivity contribution in [1.82, 2.24) is 24.4 Å². The Hall–Kier alpha value is -2.65. The molecule has 0 aromatic carbocycles. The van der Waals surface area contributed by atoms with Crippen molar-refractivity contribution in [2.24, 2.45) is 5.92 Å². The van der Waals surface area contributed by atoms with Gasteiger partial charge in [0, 0.05) is 50.8 Å². The van der Waals surface area contributed by atoms with Crippen molar-refractivity contribution in [3.63, 3.8) is 0 Å². The molecule has 0 radical (unpaired) electrons. The van der Waals surface area contributed by atoms with Crippen molar-refractivity contribution < 1.29 is 22.8 Å². The van der Waals surface area contributed by atoms with Gasteiger partial charge in [-0.15, -0.1) is 0 Å². The van der Waals surface area contributed by atoms with Crippen LogP contribution in [0.25, 0.3) is 5.65 Å². The number of aromatic nitrogens is 3. The zero-order valence-electron chi connectivity index (χ0n) is 17.1. The van der Waals surface area contributed by atoms with Gasteiger partial charge in [0.25, 0.3) is 0 Å². The predicted molar refractivity (Wildman–Crippen MR) is 102 cm³/mol. The number of hydrogen-bond acceptors (Lipinski definition) is 4. The first-order valence-corrected chi connectivity index (χ1v) is 10.0. The van der Waals surface area contributed by atoms with Gasteiger partial charge in [-0.2, -0.15) is 18.3 Å². The summed E-state index contributed by atoms with van der Waals surface area (Å²) in [4.78, 5) is 32.1. The molecule has 7 nitrogen and oxygen atoms in total. The Morgan fingerprint density at radius 1 is 1.23 bits per heavy atom. The molecule has 0 saturated carbocycles. The van der Waals surface area contributed by atoms with E-state index in [0.717, 1.165) is 10.6 Å². The van der Waals surface area contributed by atoms with Crippen molar-refractivity contribution >= 4 is 17.5 Å². The normalized spacial score (nSPS) is 22.7. The van der Waals surface area contributed by atoms with Crippen LogP contribution >= 0.6 is 0 Å². The van der Waals surface area contributed by atoms with E-state index in [0.29, 0.717) is 37.4 Å². The summed E-state index contributed by atoms with van der Waals surface area (Å²) in [7, 11) is 1.68. The first kappa shape index (κ1) is 20.6. The van der Waals surface area contributed by atoms with Crippen LogP contribution in [0.15, 0.2) is 12.1 Å². The molecule has 0 spiro atoms. The summed E-state index contributed by atoms with van der Waals surface area (Å²) in [6.07, 6.45) is -3.72. The van der Waals surface area contributed by atoms with Crippen LogP contribution in [0.2, 0.25) is 0 Å². The van der Waals surface area contributed by atoms with Gasteiger partial charge in [0.05, 0.1) is 11.6 Å². The topological polar surface area (TPSA) is 70.8 Å². The van der Waals surface area contributed by atoms with E-state index < -0.39 is 11.9 Å². The fraction of sp³-hybridized carbons (Fsp3) is 0.600. The molecule has 2 aromatic rings. The highest BCUT2D eigenvalue weighted by atomic mass is 19.4. The van der Waals surface area contributed by atoms with Gasteiger partial charge in [0.2, 0.25) is 11.8 Å². The summed E-state index contributed by atoms with van der Waals surface area (Å²) in [5.41, 5.74) is 0.181. The molecular weight excluding hydrogens is 399 g/mol. The molecule has 30 heavy (non-hydrogen) atoms. The van der Waals surface area contributed by atoms with Gasteiger partial charge in [0.15, 0.2) is 5.65 Å². The number of hydrogen-bond donors (Lipinski definition) is 0. The van der Waals surface area contributed by atoms with Crippen LogP contribution in [0.5, 0.6) is 0 Å². The minimum atomic E-state index is -4.55. The van der Waals surface area contributed by atoms with E-state index in [2.05, 4.69) is 10.1 Å². The average Bonchev–Trinajstić information content (AvgIpc) is 3.37. The molecule has 2 aromatic heterocycles. The SMILES string of the molecule is CC(C)c1cc(C(F)(F)F)n2nc([C@H]3CCN(C(=O)[C@@H]4CC(=O)N(C)C4)C3)cc2n1. The van der Waals surface area contributed by atoms with Crippen molar-refractivity contribution in [3.05, 3.63) is 29.2 Å². The maximum atomic E-state index is 13.6. The van der Waals surface area contributed by atoms with Crippen LogP contribution in [0, 0.1) is 5.92 Å². The number of alkyl halides is 3. The van der Waals surface area contributed by atoms with Gasteiger partial charge in [-0.1, -0.05) is 13.8 Å². The Labute approximate surface area is 171 Å².